The fraction of sp³-hybridized carbons (Fsp3) is 0.467. The number of nitrogens with one attached hydrogen (secondary N) is 1. The van der Waals surface area contributed by atoms with E-state index in [0.717, 1.165) is 19.4 Å². The molecule has 1 N–H and O–H groups in total. The minimum absolute atomic E-state index is 0.113. The van der Waals surface area contributed by atoms with Gasteiger partial charge in [-0.3, -0.25) is 9.59 Å². The molecule has 0 bridgehead atoms. The summed E-state index contributed by atoms with van der Waals surface area (Å²) in [5, 5.41) is 3.83. The van der Waals surface area contributed by atoms with Crippen LogP contribution in [0.2, 0.25) is 10.0 Å². The highest BCUT2D eigenvalue weighted by Gasteiger charge is 2.19. The van der Waals surface area contributed by atoms with Crippen molar-refractivity contribution in [3.8, 4) is 0 Å². The number of carbonyl (C=O) groups is 2. The van der Waals surface area contributed by atoms with Gasteiger partial charge in [0.1, 0.15) is 0 Å². The fourth-order valence-corrected chi connectivity index (χ4v) is 2.89. The Bertz CT molecular complexity index is 514. The Balaban J connectivity index is 1.71. The van der Waals surface area contributed by atoms with Crippen molar-refractivity contribution in [3.63, 3.8) is 0 Å². The Morgan fingerprint density at radius 3 is 2.62 bits per heavy atom. The lowest BCUT2D eigenvalue weighted by Crippen LogP contribution is -2.31. The lowest BCUT2D eigenvalue weighted by atomic mass is 10.1. The predicted octanol–water partition coefficient (Wildman–Crippen LogP) is 2.66. The summed E-state index contributed by atoms with van der Waals surface area (Å²) in [5.74, 6) is 0.0990. The maximum Gasteiger partial charge on any atom is 0.224 e. The molecule has 0 spiro atoms. The first-order valence-electron chi connectivity index (χ1n) is 7.05. The molecule has 114 valence electrons. The minimum Gasteiger partial charge on any atom is -0.356 e. The van der Waals surface area contributed by atoms with Crippen LogP contribution in [0, 0.1) is 0 Å². The van der Waals surface area contributed by atoms with Crippen molar-refractivity contribution in [1.82, 2.24) is 10.2 Å². The zero-order valence-electron chi connectivity index (χ0n) is 11.7. The molecule has 0 radical (unpaired) electrons. The van der Waals surface area contributed by atoms with Crippen molar-refractivity contribution < 1.29 is 9.59 Å². The topological polar surface area (TPSA) is 49.4 Å². The largest absolute Gasteiger partial charge is 0.356 e. The molecular formula is C15H18Cl2N2O2. The second-order valence-electron chi connectivity index (χ2n) is 5.06. The average Bonchev–Trinajstić information content (AvgIpc) is 2.85. The van der Waals surface area contributed by atoms with Gasteiger partial charge < -0.3 is 10.2 Å². The number of hydrogen-bond acceptors (Lipinski definition) is 2. The lowest BCUT2D eigenvalue weighted by molar-refractivity contribution is -0.127. The van der Waals surface area contributed by atoms with Gasteiger partial charge in [-0.05, 0) is 30.5 Å². The lowest BCUT2D eigenvalue weighted by Gasteiger charge is -2.15. The van der Waals surface area contributed by atoms with Crippen LogP contribution in [0.4, 0.5) is 0 Å². The second kappa shape index (κ2) is 7.66. The van der Waals surface area contributed by atoms with E-state index < -0.39 is 0 Å². The molecule has 2 amide bonds. The molecule has 1 aliphatic heterocycles. The van der Waals surface area contributed by atoms with Gasteiger partial charge in [0.15, 0.2) is 0 Å². The molecular weight excluding hydrogens is 311 g/mol. The molecule has 0 unspecified atom stereocenters. The Hall–Kier alpha value is -1.26. The van der Waals surface area contributed by atoms with Crippen LogP contribution in [-0.2, 0) is 16.0 Å². The van der Waals surface area contributed by atoms with Crippen LogP contribution >= 0.6 is 23.2 Å². The first kappa shape index (κ1) is 16.1. The Morgan fingerprint density at radius 1 is 1.29 bits per heavy atom. The molecule has 2 rings (SSSR count). The first-order chi connectivity index (χ1) is 10.1. The second-order valence-corrected chi connectivity index (χ2v) is 5.88. The summed E-state index contributed by atoms with van der Waals surface area (Å²) < 4.78 is 0. The summed E-state index contributed by atoms with van der Waals surface area (Å²) in [4.78, 5) is 25.1. The van der Waals surface area contributed by atoms with Gasteiger partial charge in [0.25, 0.3) is 0 Å². The molecule has 6 heteroatoms. The van der Waals surface area contributed by atoms with Crippen LogP contribution in [0.25, 0.3) is 0 Å². The van der Waals surface area contributed by atoms with E-state index in [1.165, 1.54) is 0 Å². The number of hydrogen-bond donors (Lipinski definition) is 1. The van der Waals surface area contributed by atoms with Gasteiger partial charge >= 0.3 is 0 Å². The third kappa shape index (κ3) is 4.61. The van der Waals surface area contributed by atoms with Gasteiger partial charge in [-0.25, -0.2) is 0 Å². The van der Waals surface area contributed by atoms with Gasteiger partial charge in [0.2, 0.25) is 11.8 Å². The van der Waals surface area contributed by atoms with E-state index in [1.54, 1.807) is 18.2 Å². The van der Waals surface area contributed by atoms with Gasteiger partial charge in [-0.1, -0.05) is 29.3 Å². The number of benzene rings is 1. The molecule has 21 heavy (non-hydrogen) atoms. The minimum atomic E-state index is -0.113. The van der Waals surface area contributed by atoms with Crippen molar-refractivity contribution in [1.29, 1.82) is 0 Å². The van der Waals surface area contributed by atoms with Crippen molar-refractivity contribution >= 4 is 35.0 Å². The smallest absolute Gasteiger partial charge is 0.224 e. The van der Waals surface area contributed by atoms with E-state index >= 15 is 0 Å². The Morgan fingerprint density at radius 2 is 2.00 bits per heavy atom. The van der Waals surface area contributed by atoms with Crippen molar-refractivity contribution in [2.24, 2.45) is 0 Å². The zero-order chi connectivity index (χ0) is 15.2. The highest BCUT2D eigenvalue weighted by Crippen LogP contribution is 2.24. The van der Waals surface area contributed by atoms with E-state index in [0.29, 0.717) is 35.1 Å². The summed E-state index contributed by atoms with van der Waals surface area (Å²) >= 11 is 12.1. The van der Waals surface area contributed by atoms with Crippen molar-refractivity contribution in [2.45, 2.75) is 25.7 Å². The van der Waals surface area contributed by atoms with E-state index in [4.69, 9.17) is 23.2 Å². The van der Waals surface area contributed by atoms with Crippen LogP contribution in [0.1, 0.15) is 24.8 Å². The standard InChI is InChI=1S/C15H18Cl2N2O2/c16-12-4-1-5-13(17)11(12)10-14(20)18-7-3-9-19-8-2-6-15(19)21/h1,4-5H,2-3,6-10H2,(H,18,20). The Kier molecular flexibility index (Phi) is 5.88. The normalized spacial score (nSPS) is 14.6. The summed E-state index contributed by atoms with van der Waals surface area (Å²) in [7, 11) is 0. The molecule has 1 saturated heterocycles. The number of carbonyl (C=O) groups excluding carboxylic acids is 2. The number of nitrogens with zero attached hydrogens (tertiary/aromatic N) is 1. The third-order valence-electron chi connectivity index (χ3n) is 3.50. The van der Waals surface area contributed by atoms with Gasteiger partial charge in [0.05, 0.1) is 6.42 Å². The highest BCUT2D eigenvalue weighted by atomic mass is 35.5. The zero-order valence-corrected chi connectivity index (χ0v) is 13.2. The number of halogens is 2. The monoisotopic (exact) mass is 328 g/mol. The van der Waals surface area contributed by atoms with E-state index in [-0.39, 0.29) is 18.2 Å². The van der Waals surface area contributed by atoms with E-state index in [1.807, 2.05) is 4.90 Å². The summed E-state index contributed by atoms with van der Waals surface area (Å²) in [5.41, 5.74) is 0.646. The van der Waals surface area contributed by atoms with Gasteiger partial charge in [-0.2, -0.15) is 0 Å². The molecule has 0 saturated carbocycles. The molecule has 0 atom stereocenters. The quantitative estimate of drug-likeness (QED) is 0.816. The molecule has 0 aromatic heterocycles. The Labute approximate surface area is 134 Å². The summed E-state index contributed by atoms with van der Waals surface area (Å²) in [6.07, 6.45) is 2.52. The molecule has 0 aliphatic carbocycles. The molecule has 1 aliphatic rings. The number of amides is 2. The third-order valence-corrected chi connectivity index (χ3v) is 4.21. The predicted molar refractivity (Wildman–Crippen MR) is 83.6 cm³/mol. The number of likely N-dealkylation sites (tertiary alicyclic amines) is 1. The molecule has 1 aromatic rings. The van der Waals surface area contributed by atoms with Crippen molar-refractivity contribution in [2.75, 3.05) is 19.6 Å². The number of rotatable bonds is 6. The average molecular weight is 329 g/mol. The summed E-state index contributed by atoms with van der Waals surface area (Å²) in [6, 6.07) is 5.18. The van der Waals surface area contributed by atoms with E-state index in [9.17, 15) is 9.59 Å². The highest BCUT2D eigenvalue weighted by molar-refractivity contribution is 6.36. The van der Waals surface area contributed by atoms with E-state index in [2.05, 4.69) is 5.32 Å². The van der Waals surface area contributed by atoms with Crippen LogP contribution < -0.4 is 5.32 Å². The molecule has 1 fully saturated rings. The van der Waals surface area contributed by atoms with Gasteiger partial charge in [-0.15, -0.1) is 0 Å². The van der Waals surface area contributed by atoms with Crippen molar-refractivity contribution in [3.05, 3.63) is 33.8 Å². The molecule has 4 nitrogen and oxygen atoms in total. The SMILES string of the molecule is O=C(Cc1c(Cl)cccc1Cl)NCCCN1CCCC1=O. The van der Waals surface area contributed by atoms with Crippen LogP contribution in [0.15, 0.2) is 18.2 Å². The first-order valence-corrected chi connectivity index (χ1v) is 7.81. The molecule has 1 heterocycles. The molecule has 1 aromatic carbocycles. The summed E-state index contributed by atoms with van der Waals surface area (Å²) in [6.45, 7) is 2.08. The fourth-order valence-electron chi connectivity index (χ4n) is 2.36. The van der Waals surface area contributed by atoms with Crippen LogP contribution in [0.3, 0.4) is 0 Å². The van der Waals surface area contributed by atoms with Gasteiger partial charge in [0, 0.05) is 36.1 Å². The maximum absolute atomic E-state index is 11.9. The van der Waals surface area contributed by atoms with Crippen LogP contribution in [0.5, 0.6) is 0 Å². The van der Waals surface area contributed by atoms with Crippen LogP contribution in [-0.4, -0.2) is 36.3 Å². The maximum atomic E-state index is 11.9.